The number of fused-ring (bicyclic) bond motifs is 2. The molecule has 0 aromatic carbocycles. The number of Topliss-reactive ketones (excluding diaryl/α,β-unsaturated/α-hetero) is 1. The first-order valence-electron chi connectivity index (χ1n) is 8.02. The Kier molecular flexibility index (Phi) is 5.02. The molecular formula is C16H30N2O. The number of nitrogens with zero attached hydrogens (tertiary/aromatic N) is 2. The Morgan fingerprint density at radius 3 is 2.11 bits per heavy atom. The molecule has 2 fully saturated rings. The zero-order chi connectivity index (χ0) is 14.0. The van der Waals surface area contributed by atoms with Gasteiger partial charge in [-0.1, -0.05) is 6.42 Å². The summed E-state index contributed by atoms with van der Waals surface area (Å²) in [5.41, 5.74) is 0. The second kappa shape index (κ2) is 6.36. The lowest BCUT2D eigenvalue weighted by Gasteiger charge is -2.46. The van der Waals surface area contributed by atoms with Gasteiger partial charge in [0.2, 0.25) is 0 Å². The summed E-state index contributed by atoms with van der Waals surface area (Å²) in [6.07, 6.45) is 5.38. The van der Waals surface area contributed by atoms with Crippen LogP contribution >= 0.6 is 0 Å². The Morgan fingerprint density at radius 1 is 1.11 bits per heavy atom. The van der Waals surface area contributed by atoms with Crippen molar-refractivity contribution in [1.82, 2.24) is 9.80 Å². The van der Waals surface area contributed by atoms with Gasteiger partial charge in [0, 0.05) is 50.1 Å². The Bertz CT molecular complexity index is 290. The molecule has 0 saturated carbocycles. The SMILES string of the molecule is CC(C)N(CCN1C2CCCC1CC(=O)C2)C(C)C. The van der Waals surface area contributed by atoms with E-state index < -0.39 is 0 Å². The molecule has 0 spiro atoms. The molecule has 0 aromatic rings. The van der Waals surface area contributed by atoms with Crippen LogP contribution in [0.15, 0.2) is 0 Å². The van der Waals surface area contributed by atoms with Gasteiger partial charge < -0.3 is 0 Å². The molecule has 2 aliphatic heterocycles. The molecule has 2 aliphatic rings. The minimum atomic E-state index is 0.496. The van der Waals surface area contributed by atoms with E-state index in [-0.39, 0.29) is 0 Å². The number of rotatable bonds is 5. The van der Waals surface area contributed by atoms with Gasteiger partial charge in [-0.25, -0.2) is 0 Å². The average Bonchev–Trinajstić information content (AvgIpc) is 2.28. The van der Waals surface area contributed by atoms with Gasteiger partial charge in [0.25, 0.3) is 0 Å². The predicted molar refractivity (Wildman–Crippen MR) is 79.4 cm³/mol. The topological polar surface area (TPSA) is 23.6 Å². The van der Waals surface area contributed by atoms with Gasteiger partial charge in [-0.3, -0.25) is 14.6 Å². The first-order chi connectivity index (χ1) is 8.99. The van der Waals surface area contributed by atoms with Gasteiger partial charge >= 0.3 is 0 Å². The molecule has 2 heterocycles. The summed E-state index contributed by atoms with van der Waals surface area (Å²) in [6.45, 7) is 11.4. The van der Waals surface area contributed by atoms with Crippen molar-refractivity contribution < 1.29 is 4.79 Å². The summed E-state index contributed by atoms with van der Waals surface area (Å²) in [5, 5.41) is 0. The maximum Gasteiger partial charge on any atom is 0.136 e. The zero-order valence-corrected chi connectivity index (χ0v) is 13.1. The van der Waals surface area contributed by atoms with E-state index in [1.165, 1.54) is 19.3 Å². The van der Waals surface area contributed by atoms with Gasteiger partial charge in [-0.2, -0.15) is 0 Å². The summed E-state index contributed by atoms with van der Waals surface area (Å²) in [4.78, 5) is 16.9. The largest absolute Gasteiger partial charge is 0.300 e. The van der Waals surface area contributed by atoms with Crippen LogP contribution < -0.4 is 0 Å². The predicted octanol–water partition coefficient (Wildman–Crippen LogP) is 2.69. The van der Waals surface area contributed by atoms with E-state index in [1.54, 1.807) is 0 Å². The highest BCUT2D eigenvalue weighted by Gasteiger charge is 2.37. The number of ketones is 1. The van der Waals surface area contributed by atoms with Crippen molar-refractivity contribution in [1.29, 1.82) is 0 Å². The summed E-state index contributed by atoms with van der Waals surface area (Å²) in [5.74, 6) is 0.496. The summed E-state index contributed by atoms with van der Waals surface area (Å²) in [7, 11) is 0. The summed E-state index contributed by atoms with van der Waals surface area (Å²) >= 11 is 0. The fraction of sp³-hybridized carbons (Fsp3) is 0.938. The third-order valence-corrected chi connectivity index (χ3v) is 4.88. The van der Waals surface area contributed by atoms with E-state index in [4.69, 9.17) is 0 Å². The fourth-order valence-electron chi connectivity index (χ4n) is 3.98. The van der Waals surface area contributed by atoms with Crippen molar-refractivity contribution in [3.63, 3.8) is 0 Å². The molecule has 2 rings (SSSR count). The van der Waals surface area contributed by atoms with E-state index in [0.717, 1.165) is 25.9 Å². The Labute approximate surface area is 118 Å². The van der Waals surface area contributed by atoms with Crippen molar-refractivity contribution in [3.8, 4) is 0 Å². The van der Waals surface area contributed by atoms with Gasteiger partial charge in [0.1, 0.15) is 5.78 Å². The molecule has 3 heteroatoms. The minimum absolute atomic E-state index is 0.496. The lowest BCUT2D eigenvalue weighted by atomic mass is 9.84. The Morgan fingerprint density at radius 2 is 1.63 bits per heavy atom. The van der Waals surface area contributed by atoms with E-state index in [1.807, 2.05) is 0 Å². The second-order valence-corrected chi connectivity index (χ2v) is 6.85. The monoisotopic (exact) mass is 266 g/mol. The maximum absolute atomic E-state index is 11.7. The van der Waals surface area contributed by atoms with Crippen LogP contribution in [-0.2, 0) is 4.79 Å². The first-order valence-corrected chi connectivity index (χ1v) is 8.02. The normalized spacial score (nSPS) is 28.7. The smallest absolute Gasteiger partial charge is 0.136 e. The van der Waals surface area contributed by atoms with Crippen LogP contribution in [0.4, 0.5) is 0 Å². The molecule has 2 bridgehead atoms. The average molecular weight is 266 g/mol. The van der Waals surface area contributed by atoms with Crippen LogP contribution in [-0.4, -0.2) is 52.8 Å². The number of carbonyl (C=O) groups excluding carboxylic acids is 1. The van der Waals surface area contributed by atoms with Crippen molar-refractivity contribution in [2.45, 2.75) is 84.0 Å². The number of carbonyl (C=O) groups is 1. The van der Waals surface area contributed by atoms with Gasteiger partial charge in [0.05, 0.1) is 0 Å². The molecule has 0 N–H and O–H groups in total. The van der Waals surface area contributed by atoms with E-state index in [9.17, 15) is 4.79 Å². The van der Waals surface area contributed by atoms with E-state index >= 15 is 0 Å². The lowest BCUT2D eigenvalue weighted by Crippen LogP contribution is -2.55. The quantitative estimate of drug-likeness (QED) is 0.764. The molecule has 0 aliphatic carbocycles. The van der Waals surface area contributed by atoms with Crippen molar-refractivity contribution in [2.75, 3.05) is 13.1 Å². The summed E-state index contributed by atoms with van der Waals surface area (Å²) in [6, 6.07) is 2.29. The van der Waals surface area contributed by atoms with Crippen molar-refractivity contribution in [2.24, 2.45) is 0 Å². The molecule has 19 heavy (non-hydrogen) atoms. The number of hydrogen-bond acceptors (Lipinski definition) is 3. The highest BCUT2D eigenvalue weighted by Crippen LogP contribution is 2.32. The van der Waals surface area contributed by atoms with Crippen LogP contribution in [0.2, 0.25) is 0 Å². The molecule has 2 saturated heterocycles. The minimum Gasteiger partial charge on any atom is -0.300 e. The molecular weight excluding hydrogens is 236 g/mol. The maximum atomic E-state index is 11.7. The van der Waals surface area contributed by atoms with Gasteiger partial charge in [-0.05, 0) is 40.5 Å². The highest BCUT2D eigenvalue weighted by atomic mass is 16.1. The Balaban J connectivity index is 1.93. The molecule has 0 amide bonds. The van der Waals surface area contributed by atoms with E-state index in [0.29, 0.717) is 30.0 Å². The van der Waals surface area contributed by atoms with Crippen LogP contribution in [0, 0.1) is 0 Å². The molecule has 2 unspecified atom stereocenters. The van der Waals surface area contributed by atoms with Crippen LogP contribution in [0.3, 0.4) is 0 Å². The standard InChI is InChI=1S/C16H30N2O/c1-12(2)17(13(3)4)8-9-18-14-6-5-7-15(18)11-16(19)10-14/h12-15H,5-11H2,1-4H3. The number of piperidine rings is 2. The van der Waals surface area contributed by atoms with Crippen molar-refractivity contribution in [3.05, 3.63) is 0 Å². The zero-order valence-electron chi connectivity index (χ0n) is 13.1. The first kappa shape index (κ1) is 15.0. The molecule has 110 valence electrons. The third-order valence-electron chi connectivity index (χ3n) is 4.88. The number of hydrogen-bond donors (Lipinski definition) is 0. The van der Waals surface area contributed by atoms with Gasteiger partial charge in [-0.15, -0.1) is 0 Å². The Hall–Kier alpha value is -0.410. The second-order valence-electron chi connectivity index (χ2n) is 6.85. The molecule has 0 aromatic heterocycles. The van der Waals surface area contributed by atoms with Gasteiger partial charge in [0.15, 0.2) is 0 Å². The summed E-state index contributed by atoms with van der Waals surface area (Å²) < 4.78 is 0. The molecule has 2 atom stereocenters. The van der Waals surface area contributed by atoms with Crippen LogP contribution in [0.25, 0.3) is 0 Å². The van der Waals surface area contributed by atoms with Crippen molar-refractivity contribution >= 4 is 5.78 Å². The van der Waals surface area contributed by atoms with Crippen LogP contribution in [0.1, 0.15) is 59.8 Å². The molecule has 3 nitrogen and oxygen atoms in total. The van der Waals surface area contributed by atoms with Crippen LogP contribution in [0.5, 0.6) is 0 Å². The fourth-order valence-corrected chi connectivity index (χ4v) is 3.98. The van der Waals surface area contributed by atoms with E-state index in [2.05, 4.69) is 37.5 Å². The molecule has 0 radical (unpaired) electrons. The third kappa shape index (κ3) is 3.57. The highest BCUT2D eigenvalue weighted by molar-refractivity contribution is 5.80. The lowest BCUT2D eigenvalue weighted by molar-refractivity contribution is -0.127.